The van der Waals surface area contributed by atoms with Crippen LogP contribution >= 0.6 is 23.2 Å². The summed E-state index contributed by atoms with van der Waals surface area (Å²) in [5.74, 6) is 0.687. The molecule has 0 saturated heterocycles. The fraction of sp³-hybridized carbons (Fsp3) is 0.353. The summed E-state index contributed by atoms with van der Waals surface area (Å²) >= 11 is 12.5. The summed E-state index contributed by atoms with van der Waals surface area (Å²) in [6, 6.07) is 7.70. The van der Waals surface area contributed by atoms with E-state index in [1.165, 1.54) is 6.92 Å². The minimum Gasteiger partial charge on any atom is -0.489 e. The van der Waals surface area contributed by atoms with Gasteiger partial charge in [-0.3, -0.25) is 4.79 Å². The fourth-order valence-electron chi connectivity index (χ4n) is 2.44. The summed E-state index contributed by atoms with van der Waals surface area (Å²) in [5.41, 5.74) is 1.08. The molecule has 22 heavy (non-hydrogen) atoms. The normalized spacial score (nSPS) is 14.1. The lowest BCUT2D eigenvalue weighted by Gasteiger charge is -2.12. The van der Waals surface area contributed by atoms with Crippen molar-refractivity contribution in [3.8, 4) is 5.75 Å². The number of hydrogen-bond donors (Lipinski definition) is 1. The minimum absolute atomic E-state index is 0.0351. The predicted molar refractivity (Wildman–Crippen MR) is 90.0 cm³/mol. The molecule has 1 fully saturated rings. The molecule has 0 atom stereocenters. The van der Waals surface area contributed by atoms with Gasteiger partial charge in [-0.2, -0.15) is 0 Å². The second kappa shape index (κ2) is 6.35. The number of carbonyl (C=O) groups excluding carboxylic acids is 1. The molecule has 116 valence electrons. The molecule has 1 amide bonds. The molecule has 2 aromatic rings. The maximum atomic E-state index is 11.0. The van der Waals surface area contributed by atoms with Gasteiger partial charge in [0.2, 0.25) is 5.91 Å². The molecule has 0 heterocycles. The first-order valence-electron chi connectivity index (χ1n) is 7.35. The van der Waals surface area contributed by atoms with Gasteiger partial charge in [-0.15, -0.1) is 0 Å². The monoisotopic (exact) mass is 337 g/mol. The zero-order chi connectivity index (χ0) is 15.7. The molecule has 1 aliphatic rings. The standard InChI is InChI=1S/C17H17Cl2NO2/c1-10(21)20-5-4-11-6-13(18)7-12-8-16(19)17(9-15(11)12)22-14-2-3-14/h6-9,14H,2-5H2,1H3,(H,20,21). The molecule has 1 saturated carbocycles. The molecular weight excluding hydrogens is 321 g/mol. The molecule has 1 aliphatic carbocycles. The van der Waals surface area contributed by atoms with Gasteiger partial charge in [0.05, 0.1) is 11.1 Å². The topological polar surface area (TPSA) is 38.3 Å². The third-order valence-corrected chi connectivity index (χ3v) is 4.16. The first-order chi connectivity index (χ1) is 10.5. The Balaban J connectivity index is 1.95. The van der Waals surface area contributed by atoms with Crippen LogP contribution in [0.3, 0.4) is 0 Å². The lowest BCUT2D eigenvalue weighted by Crippen LogP contribution is -2.22. The van der Waals surface area contributed by atoms with Crippen LogP contribution in [0.5, 0.6) is 5.75 Å². The molecule has 3 rings (SSSR count). The summed E-state index contributed by atoms with van der Waals surface area (Å²) in [6.45, 7) is 2.09. The third-order valence-electron chi connectivity index (χ3n) is 3.64. The second-order valence-corrected chi connectivity index (χ2v) is 6.46. The summed E-state index contributed by atoms with van der Waals surface area (Å²) < 4.78 is 5.86. The molecule has 1 N–H and O–H groups in total. The summed E-state index contributed by atoms with van der Waals surface area (Å²) in [5, 5.41) is 6.13. The van der Waals surface area contributed by atoms with Gasteiger partial charge in [0, 0.05) is 18.5 Å². The number of hydrogen-bond acceptors (Lipinski definition) is 2. The summed E-state index contributed by atoms with van der Waals surface area (Å²) in [4.78, 5) is 11.0. The lowest BCUT2D eigenvalue weighted by molar-refractivity contribution is -0.118. The van der Waals surface area contributed by atoms with Gasteiger partial charge >= 0.3 is 0 Å². The van der Waals surface area contributed by atoms with Gasteiger partial charge in [-0.05, 0) is 59.9 Å². The van der Waals surface area contributed by atoms with Gasteiger partial charge in [-0.1, -0.05) is 23.2 Å². The van der Waals surface area contributed by atoms with Crippen molar-refractivity contribution in [3.05, 3.63) is 39.9 Å². The lowest BCUT2D eigenvalue weighted by atomic mass is 10.0. The van der Waals surface area contributed by atoms with Crippen molar-refractivity contribution >= 4 is 39.9 Å². The van der Waals surface area contributed by atoms with Crippen molar-refractivity contribution in [1.29, 1.82) is 0 Å². The van der Waals surface area contributed by atoms with E-state index in [0.29, 0.717) is 29.1 Å². The van der Waals surface area contributed by atoms with Crippen LogP contribution in [0.4, 0.5) is 0 Å². The Labute approximate surface area is 139 Å². The molecule has 0 spiro atoms. The molecule has 2 aromatic carbocycles. The summed E-state index contributed by atoms with van der Waals surface area (Å²) in [6.07, 6.45) is 3.18. The quantitative estimate of drug-likeness (QED) is 0.879. The van der Waals surface area contributed by atoms with Crippen LogP contribution < -0.4 is 10.1 Å². The van der Waals surface area contributed by atoms with E-state index in [9.17, 15) is 4.79 Å². The SMILES string of the molecule is CC(=O)NCCc1cc(Cl)cc2cc(Cl)c(OC3CC3)cc12. The van der Waals surface area contributed by atoms with Crippen LogP contribution in [-0.2, 0) is 11.2 Å². The van der Waals surface area contributed by atoms with Crippen molar-refractivity contribution in [1.82, 2.24) is 5.32 Å². The maximum Gasteiger partial charge on any atom is 0.216 e. The average molecular weight is 338 g/mol. The Morgan fingerprint density at radius 3 is 2.73 bits per heavy atom. The summed E-state index contributed by atoms with van der Waals surface area (Å²) in [7, 11) is 0. The molecule has 3 nitrogen and oxygen atoms in total. The fourth-order valence-corrected chi connectivity index (χ4v) is 2.90. The Bertz CT molecular complexity index is 726. The van der Waals surface area contributed by atoms with Crippen molar-refractivity contribution in [3.63, 3.8) is 0 Å². The molecule has 0 unspecified atom stereocenters. The largest absolute Gasteiger partial charge is 0.489 e. The van der Waals surface area contributed by atoms with Crippen LogP contribution in [0.15, 0.2) is 24.3 Å². The van der Waals surface area contributed by atoms with Crippen molar-refractivity contribution in [2.75, 3.05) is 6.54 Å². The third kappa shape index (κ3) is 3.65. The molecule has 0 aliphatic heterocycles. The van der Waals surface area contributed by atoms with Crippen LogP contribution in [0.2, 0.25) is 10.0 Å². The van der Waals surface area contributed by atoms with Gasteiger partial charge < -0.3 is 10.1 Å². The van der Waals surface area contributed by atoms with E-state index in [2.05, 4.69) is 5.32 Å². The van der Waals surface area contributed by atoms with E-state index in [-0.39, 0.29) is 5.91 Å². The van der Waals surface area contributed by atoms with E-state index in [4.69, 9.17) is 27.9 Å². The van der Waals surface area contributed by atoms with E-state index in [1.54, 1.807) is 0 Å². The second-order valence-electron chi connectivity index (χ2n) is 5.62. The molecule has 0 radical (unpaired) electrons. The number of carbonyl (C=O) groups is 1. The predicted octanol–water partition coefficient (Wildman–Crippen LogP) is 4.37. The Kier molecular flexibility index (Phi) is 4.46. The van der Waals surface area contributed by atoms with Crippen LogP contribution in [0.25, 0.3) is 10.8 Å². The van der Waals surface area contributed by atoms with Crippen LogP contribution in [0, 0.1) is 0 Å². The van der Waals surface area contributed by atoms with Gasteiger partial charge in [0.25, 0.3) is 0 Å². The number of rotatable bonds is 5. The molecule has 0 bridgehead atoms. The highest BCUT2D eigenvalue weighted by Crippen LogP contribution is 2.37. The van der Waals surface area contributed by atoms with E-state index in [1.807, 2.05) is 24.3 Å². The maximum absolute atomic E-state index is 11.0. The number of halogens is 2. The first kappa shape index (κ1) is 15.4. The highest BCUT2D eigenvalue weighted by Gasteiger charge is 2.24. The van der Waals surface area contributed by atoms with E-state index in [0.717, 1.165) is 34.9 Å². The smallest absolute Gasteiger partial charge is 0.216 e. The zero-order valence-corrected chi connectivity index (χ0v) is 13.8. The average Bonchev–Trinajstić information content (AvgIpc) is 3.23. The Morgan fingerprint density at radius 2 is 2.05 bits per heavy atom. The number of benzene rings is 2. The minimum atomic E-state index is -0.0351. The van der Waals surface area contributed by atoms with Gasteiger partial charge in [0.1, 0.15) is 5.75 Å². The zero-order valence-electron chi connectivity index (χ0n) is 12.3. The van der Waals surface area contributed by atoms with Crippen molar-refractivity contribution in [2.24, 2.45) is 0 Å². The molecule has 0 aromatic heterocycles. The molecule has 5 heteroatoms. The van der Waals surface area contributed by atoms with Crippen LogP contribution in [-0.4, -0.2) is 18.6 Å². The Hall–Kier alpha value is -1.45. The number of ether oxygens (including phenoxy) is 1. The number of nitrogens with one attached hydrogen (secondary N) is 1. The van der Waals surface area contributed by atoms with Gasteiger partial charge in [-0.25, -0.2) is 0 Å². The highest BCUT2D eigenvalue weighted by molar-refractivity contribution is 6.33. The van der Waals surface area contributed by atoms with Crippen molar-refractivity contribution < 1.29 is 9.53 Å². The van der Waals surface area contributed by atoms with E-state index >= 15 is 0 Å². The van der Waals surface area contributed by atoms with E-state index < -0.39 is 0 Å². The number of fused-ring (bicyclic) bond motifs is 1. The van der Waals surface area contributed by atoms with Crippen LogP contribution in [0.1, 0.15) is 25.3 Å². The highest BCUT2D eigenvalue weighted by atomic mass is 35.5. The molecular formula is C17H17Cl2NO2. The Morgan fingerprint density at radius 1 is 1.27 bits per heavy atom. The first-order valence-corrected chi connectivity index (χ1v) is 8.11. The van der Waals surface area contributed by atoms with Gasteiger partial charge in [0.15, 0.2) is 0 Å². The van der Waals surface area contributed by atoms with Crippen molar-refractivity contribution in [2.45, 2.75) is 32.3 Å². The number of amides is 1.